The van der Waals surface area contributed by atoms with Crippen molar-refractivity contribution in [3.05, 3.63) is 59.2 Å². The van der Waals surface area contributed by atoms with Gasteiger partial charge in [-0.1, -0.05) is 51.8 Å². The number of benzene rings is 2. The second-order valence-electron chi connectivity index (χ2n) is 6.97. The summed E-state index contributed by atoms with van der Waals surface area (Å²) in [6.45, 7) is 7.49. The molecule has 0 bridgehead atoms. The molecule has 0 aliphatic rings. The standard InChI is InChI=1S/C23H31NO3/c1-5-6-9-14-24-23(25)18-12-13-21(26-4)19(15-18)16-27-22-11-8-7-10-20(22)17(2)3/h7-8,10-13,15,17H,5-6,9,14,16H2,1-4H3,(H,24,25). The summed E-state index contributed by atoms with van der Waals surface area (Å²) in [5, 5.41) is 2.98. The monoisotopic (exact) mass is 369 g/mol. The predicted octanol–water partition coefficient (Wildman–Crippen LogP) is 5.32. The Hall–Kier alpha value is -2.49. The molecule has 0 aliphatic heterocycles. The highest BCUT2D eigenvalue weighted by atomic mass is 16.5. The molecule has 0 aliphatic carbocycles. The second kappa shape index (κ2) is 10.6. The first-order valence-corrected chi connectivity index (χ1v) is 9.73. The maximum atomic E-state index is 12.4. The fraction of sp³-hybridized carbons (Fsp3) is 0.435. The molecule has 0 unspecified atom stereocenters. The number of nitrogens with one attached hydrogen (secondary N) is 1. The predicted molar refractivity (Wildman–Crippen MR) is 110 cm³/mol. The topological polar surface area (TPSA) is 47.6 Å². The molecule has 4 heteroatoms. The van der Waals surface area contributed by atoms with Gasteiger partial charge in [0.05, 0.1) is 7.11 Å². The van der Waals surface area contributed by atoms with Crippen LogP contribution >= 0.6 is 0 Å². The van der Waals surface area contributed by atoms with E-state index in [1.54, 1.807) is 13.2 Å². The lowest BCUT2D eigenvalue weighted by Crippen LogP contribution is -2.24. The Morgan fingerprint density at radius 2 is 1.85 bits per heavy atom. The zero-order valence-electron chi connectivity index (χ0n) is 16.9. The lowest BCUT2D eigenvalue weighted by Gasteiger charge is -2.16. The number of hydrogen-bond donors (Lipinski definition) is 1. The van der Waals surface area contributed by atoms with Crippen LogP contribution in [0, 0.1) is 0 Å². The molecular formula is C23H31NO3. The van der Waals surface area contributed by atoms with Gasteiger partial charge < -0.3 is 14.8 Å². The summed E-state index contributed by atoms with van der Waals surface area (Å²) < 4.78 is 11.5. The highest BCUT2D eigenvalue weighted by Crippen LogP contribution is 2.28. The summed E-state index contributed by atoms with van der Waals surface area (Å²) in [5.74, 6) is 1.91. The Labute approximate surface area is 162 Å². The third-order valence-electron chi connectivity index (χ3n) is 4.53. The Kier molecular flexibility index (Phi) is 8.18. The van der Waals surface area contributed by atoms with E-state index in [1.165, 1.54) is 5.56 Å². The van der Waals surface area contributed by atoms with Gasteiger partial charge in [0.2, 0.25) is 0 Å². The van der Waals surface area contributed by atoms with Crippen molar-refractivity contribution in [2.24, 2.45) is 0 Å². The molecule has 2 aromatic rings. The molecule has 2 aromatic carbocycles. The zero-order chi connectivity index (χ0) is 19.6. The average Bonchev–Trinajstić information content (AvgIpc) is 2.69. The third-order valence-corrected chi connectivity index (χ3v) is 4.53. The second-order valence-corrected chi connectivity index (χ2v) is 6.97. The SMILES string of the molecule is CCCCCNC(=O)c1ccc(OC)c(COc2ccccc2C(C)C)c1. The molecule has 0 atom stereocenters. The van der Waals surface area contributed by atoms with Crippen molar-refractivity contribution in [3.63, 3.8) is 0 Å². The number of carbonyl (C=O) groups is 1. The summed E-state index contributed by atoms with van der Waals surface area (Å²) in [5.41, 5.74) is 2.65. The van der Waals surface area contributed by atoms with E-state index in [1.807, 2.05) is 30.3 Å². The molecule has 0 saturated heterocycles. The Bertz CT molecular complexity index is 740. The number of amides is 1. The van der Waals surface area contributed by atoms with Gasteiger partial charge in [-0.25, -0.2) is 0 Å². The lowest BCUT2D eigenvalue weighted by atomic mass is 10.0. The molecule has 0 fully saturated rings. The number of unbranched alkanes of at least 4 members (excludes halogenated alkanes) is 2. The number of hydrogen-bond acceptors (Lipinski definition) is 3. The van der Waals surface area contributed by atoms with Gasteiger partial charge in [-0.2, -0.15) is 0 Å². The van der Waals surface area contributed by atoms with E-state index in [-0.39, 0.29) is 5.91 Å². The van der Waals surface area contributed by atoms with Crippen LogP contribution in [0.4, 0.5) is 0 Å². The quantitative estimate of drug-likeness (QED) is 0.577. The van der Waals surface area contributed by atoms with Crippen LogP contribution in [-0.2, 0) is 6.61 Å². The first kappa shape index (κ1) is 20.8. The maximum Gasteiger partial charge on any atom is 0.251 e. The number of ether oxygens (including phenoxy) is 2. The first-order chi connectivity index (χ1) is 13.1. The van der Waals surface area contributed by atoms with Gasteiger partial charge >= 0.3 is 0 Å². The van der Waals surface area contributed by atoms with Crippen LogP contribution in [0.1, 0.15) is 67.4 Å². The summed E-state index contributed by atoms with van der Waals surface area (Å²) in [6.07, 6.45) is 3.26. The Balaban J connectivity index is 2.10. The first-order valence-electron chi connectivity index (χ1n) is 9.73. The molecule has 2 rings (SSSR count). The van der Waals surface area contributed by atoms with Crippen LogP contribution < -0.4 is 14.8 Å². The normalized spacial score (nSPS) is 10.7. The van der Waals surface area contributed by atoms with Crippen molar-refractivity contribution in [2.75, 3.05) is 13.7 Å². The fourth-order valence-corrected chi connectivity index (χ4v) is 2.96. The number of para-hydroxylation sites is 1. The van der Waals surface area contributed by atoms with Crippen molar-refractivity contribution < 1.29 is 14.3 Å². The van der Waals surface area contributed by atoms with Crippen molar-refractivity contribution in [1.82, 2.24) is 5.32 Å². The highest BCUT2D eigenvalue weighted by molar-refractivity contribution is 5.94. The lowest BCUT2D eigenvalue weighted by molar-refractivity contribution is 0.0952. The van der Waals surface area contributed by atoms with Crippen LogP contribution in [-0.4, -0.2) is 19.6 Å². The Morgan fingerprint density at radius 3 is 2.56 bits per heavy atom. The van der Waals surface area contributed by atoms with E-state index in [9.17, 15) is 4.79 Å². The van der Waals surface area contributed by atoms with E-state index in [0.29, 0.717) is 24.6 Å². The van der Waals surface area contributed by atoms with Crippen molar-refractivity contribution in [1.29, 1.82) is 0 Å². The number of methoxy groups -OCH3 is 1. The van der Waals surface area contributed by atoms with Gasteiger partial charge in [0.1, 0.15) is 18.1 Å². The zero-order valence-corrected chi connectivity index (χ0v) is 16.9. The number of rotatable bonds is 10. The summed E-state index contributed by atoms with van der Waals surface area (Å²) in [7, 11) is 1.63. The van der Waals surface area contributed by atoms with Gasteiger partial charge in [0.25, 0.3) is 5.91 Å². The molecule has 4 nitrogen and oxygen atoms in total. The minimum Gasteiger partial charge on any atom is -0.496 e. The van der Waals surface area contributed by atoms with Crippen LogP contribution in [0.3, 0.4) is 0 Å². The summed E-state index contributed by atoms with van der Waals surface area (Å²) in [4.78, 5) is 12.4. The van der Waals surface area contributed by atoms with Gasteiger partial charge in [0.15, 0.2) is 0 Å². The van der Waals surface area contributed by atoms with Crippen LogP contribution in [0.15, 0.2) is 42.5 Å². The molecule has 27 heavy (non-hydrogen) atoms. The molecular weight excluding hydrogens is 338 g/mol. The van der Waals surface area contributed by atoms with E-state index >= 15 is 0 Å². The molecule has 0 aromatic heterocycles. The molecule has 0 radical (unpaired) electrons. The average molecular weight is 370 g/mol. The fourth-order valence-electron chi connectivity index (χ4n) is 2.96. The van der Waals surface area contributed by atoms with Gasteiger partial charge in [-0.05, 0) is 42.2 Å². The largest absolute Gasteiger partial charge is 0.496 e. The summed E-state index contributed by atoms with van der Waals surface area (Å²) >= 11 is 0. The van der Waals surface area contributed by atoms with Crippen molar-refractivity contribution >= 4 is 5.91 Å². The van der Waals surface area contributed by atoms with Crippen LogP contribution in [0.25, 0.3) is 0 Å². The molecule has 1 N–H and O–H groups in total. The number of carbonyl (C=O) groups excluding carboxylic acids is 1. The van der Waals surface area contributed by atoms with E-state index in [4.69, 9.17) is 9.47 Å². The van der Waals surface area contributed by atoms with E-state index in [0.717, 1.165) is 36.3 Å². The van der Waals surface area contributed by atoms with Crippen LogP contribution in [0.2, 0.25) is 0 Å². The van der Waals surface area contributed by atoms with Crippen molar-refractivity contribution in [2.45, 2.75) is 52.6 Å². The highest BCUT2D eigenvalue weighted by Gasteiger charge is 2.12. The maximum absolute atomic E-state index is 12.4. The van der Waals surface area contributed by atoms with Gasteiger partial charge in [-0.15, -0.1) is 0 Å². The van der Waals surface area contributed by atoms with Gasteiger partial charge in [-0.3, -0.25) is 4.79 Å². The smallest absolute Gasteiger partial charge is 0.251 e. The molecule has 0 spiro atoms. The van der Waals surface area contributed by atoms with E-state index in [2.05, 4.69) is 32.2 Å². The van der Waals surface area contributed by atoms with Crippen molar-refractivity contribution in [3.8, 4) is 11.5 Å². The van der Waals surface area contributed by atoms with Crippen LogP contribution in [0.5, 0.6) is 11.5 Å². The molecule has 0 saturated carbocycles. The minimum absolute atomic E-state index is 0.0578. The summed E-state index contributed by atoms with van der Waals surface area (Å²) in [6, 6.07) is 13.5. The third kappa shape index (κ3) is 6.02. The van der Waals surface area contributed by atoms with E-state index < -0.39 is 0 Å². The Morgan fingerprint density at radius 1 is 1.07 bits per heavy atom. The molecule has 146 valence electrons. The minimum atomic E-state index is -0.0578. The molecule has 0 heterocycles. The van der Waals surface area contributed by atoms with Gasteiger partial charge in [0, 0.05) is 17.7 Å². The molecule has 1 amide bonds.